The SMILES string of the molecule is Cc1cccc(C(C)C)c1NC(=O)[C@H](C)OC(=O)c1nc(-c2ccccc2)oc1C. The molecule has 3 rings (SSSR count). The van der Waals surface area contributed by atoms with Gasteiger partial charge in [-0.1, -0.05) is 50.2 Å². The number of oxazole rings is 1. The van der Waals surface area contributed by atoms with E-state index in [0.717, 1.165) is 22.4 Å². The molecule has 0 aliphatic heterocycles. The second-order valence-corrected chi connectivity index (χ2v) is 7.52. The van der Waals surface area contributed by atoms with Crippen molar-refractivity contribution in [3.8, 4) is 11.5 Å². The molecule has 0 radical (unpaired) electrons. The number of aromatic nitrogens is 1. The fraction of sp³-hybridized carbons (Fsp3) is 0.292. The topological polar surface area (TPSA) is 81.4 Å². The van der Waals surface area contributed by atoms with Crippen molar-refractivity contribution in [2.75, 3.05) is 5.32 Å². The summed E-state index contributed by atoms with van der Waals surface area (Å²) in [7, 11) is 0. The lowest BCUT2D eigenvalue weighted by atomic mass is 9.98. The second kappa shape index (κ2) is 8.95. The summed E-state index contributed by atoms with van der Waals surface area (Å²) in [6, 6.07) is 15.1. The fourth-order valence-corrected chi connectivity index (χ4v) is 3.13. The Morgan fingerprint density at radius 3 is 2.37 bits per heavy atom. The zero-order valence-electron chi connectivity index (χ0n) is 17.9. The minimum absolute atomic E-state index is 0.0623. The average Bonchev–Trinajstić information content (AvgIpc) is 3.11. The minimum Gasteiger partial charge on any atom is -0.448 e. The first-order valence-corrected chi connectivity index (χ1v) is 9.92. The maximum Gasteiger partial charge on any atom is 0.361 e. The maximum absolute atomic E-state index is 12.7. The predicted octanol–water partition coefficient (Wildman–Crippen LogP) is 5.27. The number of amides is 1. The molecule has 0 unspecified atom stereocenters. The third-order valence-corrected chi connectivity index (χ3v) is 4.84. The Bertz CT molecular complexity index is 1050. The summed E-state index contributed by atoms with van der Waals surface area (Å²) in [5, 5.41) is 2.90. The molecule has 0 saturated heterocycles. The van der Waals surface area contributed by atoms with Gasteiger partial charge in [0.25, 0.3) is 5.91 Å². The molecule has 1 amide bonds. The Kier molecular flexibility index (Phi) is 6.35. The quantitative estimate of drug-likeness (QED) is 0.564. The lowest BCUT2D eigenvalue weighted by molar-refractivity contribution is -0.123. The van der Waals surface area contributed by atoms with Crippen LogP contribution < -0.4 is 5.32 Å². The van der Waals surface area contributed by atoms with Gasteiger partial charge in [0.15, 0.2) is 11.8 Å². The maximum atomic E-state index is 12.7. The van der Waals surface area contributed by atoms with E-state index in [1.807, 2.05) is 55.5 Å². The van der Waals surface area contributed by atoms with Gasteiger partial charge >= 0.3 is 5.97 Å². The van der Waals surface area contributed by atoms with Gasteiger partial charge in [0.05, 0.1) is 0 Å². The standard InChI is InChI=1S/C24H26N2O4/c1-14(2)19-13-9-10-15(3)20(19)25-22(27)17(5)30-24(28)21-16(4)29-23(26-21)18-11-7-6-8-12-18/h6-14,17H,1-5H3,(H,25,27)/t17-/m0/s1. The van der Waals surface area contributed by atoms with Gasteiger partial charge in [0, 0.05) is 11.3 Å². The highest BCUT2D eigenvalue weighted by molar-refractivity contribution is 5.98. The van der Waals surface area contributed by atoms with Crippen LogP contribution >= 0.6 is 0 Å². The van der Waals surface area contributed by atoms with E-state index in [1.165, 1.54) is 6.92 Å². The van der Waals surface area contributed by atoms with Gasteiger partial charge in [0.2, 0.25) is 5.89 Å². The van der Waals surface area contributed by atoms with Crippen LogP contribution in [0.25, 0.3) is 11.5 Å². The van der Waals surface area contributed by atoms with Crippen molar-refractivity contribution in [2.24, 2.45) is 0 Å². The highest BCUT2D eigenvalue weighted by atomic mass is 16.5. The summed E-state index contributed by atoms with van der Waals surface area (Å²) in [6.45, 7) is 9.23. The number of ether oxygens (including phenoxy) is 1. The summed E-state index contributed by atoms with van der Waals surface area (Å²) >= 11 is 0. The number of para-hydroxylation sites is 1. The molecule has 30 heavy (non-hydrogen) atoms. The van der Waals surface area contributed by atoms with Gasteiger partial charge in [-0.05, 0) is 49.9 Å². The van der Waals surface area contributed by atoms with Crippen LogP contribution in [0.5, 0.6) is 0 Å². The van der Waals surface area contributed by atoms with Crippen LogP contribution in [-0.2, 0) is 9.53 Å². The van der Waals surface area contributed by atoms with Crippen molar-refractivity contribution in [1.82, 2.24) is 4.98 Å². The van der Waals surface area contributed by atoms with Crippen molar-refractivity contribution >= 4 is 17.6 Å². The van der Waals surface area contributed by atoms with Crippen LogP contribution in [0.4, 0.5) is 5.69 Å². The fourth-order valence-electron chi connectivity index (χ4n) is 3.13. The van der Waals surface area contributed by atoms with Crippen LogP contribution in [0.2, 0.25) is 0 Å². The van der Waals surface area contributed by atoms with Crippen LogP contribution in [0.15, 0.2) is 52.9 Å². The first kappa shape index (κ1) is 21.3. The molecule has 6 heteroatoms. The Balaban J connectivity index is 1.72. The van der Waals surface area contributed by atoms with Crippen LogP contribution in [-0.4, -0.2) is 23.0 Å². The molecular weight excluding hydrogens is 380 g/mol. The number of nitrogens with one attached hydrogen (secondary N) is 1. The third-order valence-electron chi connectivity index (χ3n) is 4.84. The lowest BCUT2D eigenvalue weighted by Gasteiger charge is -2.18. The summed E-state index contributed by atoms with van der Waals surface area (Å²) in [4.78, 5) is 29.5. The number of benzene rings is 2. The van der Waals surface area contributed by atoms with E-state index >= 15 is 0 Å². The Hall–Kier alpha value is -3.41. The highest BCUT2D eigenvalue weighted by Crippen LogP contribution is 2.28. The van der Waals surface area contributed by atoms with Gasteiger partial charge in [-0.25, -0.2) is 9.78 Å². The van der Waals surface area contributed by atoms with E-state index in [9.17, 15) is 9.59 Å². The first-order valence-electron chi connectivity index (χ1n) is 9.92. The molecule has 6 nitrogen and oxygen atoms in total. The number of rotatable bonds is 6. The smallest absolute Gasteiger partial charge is 0.361 e. The van der Waals surface area contributed by atoms with Crippen LogP contribution in [0.1, 0.15) is 54.1 Å². The zero-order valence-corrected chi connectivity index (χ0v) is 17.9. The van der Waals surface area contributed by atoms with E-state index in [-0.39, 0.29) is 11.6 Å². The molecule has 1 N–H and O–H groups in total. The van der Waals surface area contributed by atoms with Gasteiger partial charge in [0.1, 0.15) is 5.76 Å². The summed E-state index contributed by atoms with van der Waals surface area (Å²) in [6.07, 6.45) is -0.992. The summed E-state index contributed by atoms with van der Waals surface area (Å²) < 4.78 is 11.0. The van der Waals surface area contributed by atoms with Crippen LogP contribution in [0.3, 0.4) is 0 Å². The van der Waals surface area contributed by atoms with Gasteiger partial charge in [-0.3, -0.25) is 4.79 Å². The molecule has 3 aromatic rings. The molecule has 0 fully saturated rings. The number of esters is 1. The summed E-state index contributed by atoms with van der Waals surface area (Å²) in [5.41, 5.74) is 3.55. The summed E-state index contributed by atoms with van der Waals surface area (Å²) in [5.74, 6) is -0.183. The van der Waals surface area contributed by atoms with Crippen molar-refractivity contribution < 1.29 is 18.7 Å². The molecular formula is C24H26N2O4. The number of nitrogens with zero attached hydrogens (tertiary/aromatic N) is 1. The van der Waals surface area contributed by atoms with E-state index < -0.39 is 18.0 Å². The second-order valence-electron chi connectivity index (χ2n) is 7.52. The number of aryl methyl sites for hydroxylation is 2. The molecule has 1 heterocycles. The molecule has 1 atom stereocenters. The highest BCUT2D eigenvalue weighted by Gasteiger charge is 2.25. The largest absolute Gasteiger partial charge is 0.448 e. The number of hydrogen-bond donors (Lipinski definition) is 1. The van der Waals surface area contributed by atoms with Crippen molar-refractivity contribution in [3.63, 3.8) is 0 Å². The average molecular weight is 406 g/mol. The Morgan fingerprint density at radius 1 is 1.00 bits per heavy atom. The van der Waals surface area contributed by atoms with Crippen LogP contribution in [0, 0.1) is 13.8 Å². The molecule has 156 valence electrons. The zero-order chi connectivity index (χ0) is 21.8. The van der Waals surface area contributed by atoms with E-state index in [1.54, 1.807) is 6.92 Å². The van der Waals surface area contributed by atoms with Crippen molar-refractivity contribution in [2.45, 2.75) is 46.6 Å². The molecule has 0 saturated carbocycles. The van der Waals surface area contributed by atoms with Crippen molar-refractivity contribution in [1.29, 1.82) is 0 Å². The molecule has 1 aromatic heterocycles. The van der Waals surface area contributed by atoms with Gasteiger partial charge in [-0.2, -0.15) is 0 Å². The number of carbonyl (C=O) groups excluding carboxylic acids is 2. The third kappa shape index (κ3) is 4.59. The van der Waals surface area contributed by atoms with Gasteiger partial charge < -0.3 is 14.5 Å². The Morgan fingerprint density at radius 2 is 1.70 bits per heavy atom. The van der Waals surface area contributed by atoms with E-state index in [2.05, 4.69) is 24.1 Å². The molecule has 2 aromatic carbocycles. The van der Waals surface area contributed by atoms with Crippen molar-refractivity contribution in [3.05, 3.63) is 71.1 Å². The molecule has 0 spiro atoms. The normalized spacial score (nSPS) is 11.9. The first-order chi connectivity index (χ1) is 14.3. The molecule has 0 bridgehead atoms. The minimum atomic E-state index is -0.992. The Labute approximate surface area is 176 Å². The number of anilines is 1. The monoisotopic (exact) mass is 406 g/mol. The molecule has 0 aliphatic carbocycles. The lowest BCUT2D eigenvalue weighted by Crippen LogP contribution is -2.31. The number of hydrogen-bond acceptors (Lipinski definition) is 5. The number of carbonyl (C=O) groups is 2. The van der Waals surface area contributed by atoms with E-state index in [0.29, 0.717) is 11.7 Å². The van der Waals surface area contributed by atoms with E-state index in [4.69, 9.17) is 9.15 Å². The van der Waals surface area contributed by atoms with Gasteiger partial charge in [-0.15, -0.1) is 0 Å². The predicted molar refractivity (Wildman–Crippen MR) is 115 cm³/mol. The molecule has 0 aliphatic rings.